The third-order valence-electron chi connectivity index (χ3n) is 5.59. The van der Waals surface area contributed by atoms with Crippen LogP contribution in [0.2, 0.25) is 5.02 Å². The van der Waals surface area contributed by atoms with Crippen LogP contribution in [0, 0.1) is 6.92 Å². The standard InChI is InChI=1S/C28H25ClN2O3S/c1-21-18-26(16-17-27(21)30-28(32)24-12-14-25(29)15-13-24)35(33,34)31(19-22-8-4-2-5-9-22)20-23-10-6-3-7-11-23/h2-18H,19-20H2,1H3,(H,30,32). The third kappa shape index (κ3) is 6.17. The molecule has 0 saturated carbocycles. The van der Waals surface area contributed by atoms with Gasteiger partial charge >= 0.3 is 0 Å². The summed E-state index contributed by atoms with van der Waals surface area (Å²) in [4.78, 5) is 12.8. The smallest absolute Gasteiger partial charge is 0.255 e. The summed E-state index contributed by atoms with van der Waals surface area (Å²) in [5, 5.41) is 3.39. The first-order chi connectivity index (χ1) is 16.8. The van der Waals surface area contributed by atoms with Crippen molar-refractivity contribution in [2.24, 2.45) is 0 Å². The number of carbonyl (C=O) groups excluding carboxylic acids is 1. The molecule has 7 heteroatoms. The van der Waals surface area contributed by atoms with Gasteiger partial charge in [0.25, 0.3) is 5.91 Å². The molecule has 0 spiro atoms. The molecule has 0 aliphatic rings. The zero-order chi connectivity index (χ0) is 24.8. The Morgan fingerprint density at radius 3 is 1.86 bits per heavy atom. The highest BCUT2D eigenvalue weighted by atomic mass is 35.5. The van der Waals surface area contributed by atoms with Crippen LogP contribution in [0.15, 0.2) is 108 Å². The molecule has 4 aromatic carbocycles. The maximum absolute atomic E-state index is 13.7. The van der Waals surface area contributed by atoms with E-state index in [0.717, 1.165) is 11.1 Å². The molecule has 0 aliphatic carbocycles. The number of halogens is 1. The molecule has 4 aromatic rings. The van der Waals surface area contributed by atoms with Gasteiger partial charge in [-0.1, -0.05) is 72.3 Å². The molecule has 0 aliphatic heterocycles. The zero-order valence-electron chi connectivity index (χ0n) is 19.2. The van der Waals surface area contributed by atoms with Crippen LogP contribution in [0.3, 0.4) is 0 Å². The largest absolute Gasteiger partial charge is 0.322 e. The molecular weight excluding hydrogens is 480 g/mol. The predicted octanol–water partition coefficient (Wildman–Crippen LogP) is 6.29. The molecule has 0 fully saturated rings. The quantitative estimate of drug-likeness (QED) is 0.306. The summed E-state index contributed by atoms with van der Waals surface area (Å²) in [5.41, 5.74) is 3.45. The van der Waals surface area contributed by atoms with E-state index in [1.165, 1.54) is 10.4 Å². The van der Waals surface area contributed by atoms with E-state index < -0.39 is 10.0 Å². The van der Waals surface area contributed by atoms with Gasteiger partial charge in [0, 0.05) is 29.4 Å². The fourth-order valence-electron chi connectivity index (χ4n) is 3.68. The van der Waals surface area contributed by atoms with E-state index in [2.05, 4.69) is 5.32 Å². The Morgan fingerprint density at radius 1 is 0.800 bits per heavy atom. The molecule has 1 amide bonds. The summed E-state index contributed by atoms with van der Waals surface area (Å²) in [7, 11) is -3.82. The van der Waals surface area contributed by atoms with Crippen molar-refractivity contribution in [3.63, 3.8) is 0 Å². The molecule has 35 heavy (non-hydrogen) atoms. The molecule has 4 rings (SSSR count). The second kappa shape index (κ2) is 10.9. The number of benzene rings is 4. The average molecular weight is 505 g/mol. The number of aryl methyl sites for hydroxylation is 1. The average Bonchev–Trinajstić information content (AvgIpc) is 2.86. The Kier molecular flexibility index (Phi) is 7.66. The van der Waals surface area contributed by atoms with Gasteiger partial charge in [0.15, 0.2) is 0 Å². The van der Waals surface area contributed by atoms with Gasteiger partial charge < -0.3 is 5.32 Å². The van der Waals surface area contributed by atoms with Crippen LogP contribution in [0.1, 0.15) is 27.0 Å². The van der Waals surface area contributed by atoms with Crippen molar-refractivity contribution in [1.82, 2.24) is 4.31 Å². The van der Waals surface area contributed by atoms with Crippen molar-refractivity contribution in [3.05, 3.63) is 130 Å². The molecular formula is C28H25ClN2O3S. The van der Waals surface area contributed by atoms with E-state index in [-0.39, 0.29) is 23.9 Å². The minimum absolute atomic E-state index is 0.173. The lowest BCUT2D eigenvalue weighted by atomic mass is 10.1. The van der Waals surface area contributed by atoms with Gasteiger partial charge in [-0.25, -0.2) is 8.42 Å². The predicted molar refractivity (Wildman–Crippen MR) is 140 cm³/mol. The van der Waals surface area contributed by atoms with Crippen LogP contribution in [-0.2, 0) is 23.1 Å². The zero-order valence-corrected chi connectivity index (χ0v) is 20.8. The molecule has 0 heterocycles. The van der Waals surface area contributed by atoms with Gasteiger partial charge in [-0.2, -0.15) is 4.31 Å². The van der Waals surface area contributed by atoms with Crippen LogP contribution in [0.5, 0.6) is 0 Å². The van der Waals surface area contributed by atoms with E-state index in [9.17, 15) is 13.2 Å². The van der Waals surface area contributed by atoms with Crippen LogP contribution < -0.4 is 5.32 Å². The van der Waals surface area contributed by atoms with Crippen LogP contribution >= 0.6 is 11.6 Å². The summed E-state index contributed by atoms with van der Waals surface area (Å²) in [6, 6.07) is 30.3. The number of hydrogen-bond donors (Lipinski definition) is 1. The summed E-state index contributed by atoms with van der Waals surface area (Å²) in [6.45, 7) is 2.26. The highest BCUT2D eigenvalue weighted by Crippen LogP contribution is 2.26. The van der Waals surface area contributed by atoms with E-state index in [1.54, 1.807) is 43.3 Å². The number of amides is 1. The van der Waals surface area contributed by atoms with Gasteiger partial charge in [0.1, 0.15) is 0 Å². The van der Waals surface area contributed by atoms with Crippen LogP contribution in [0.4, 0.5) is 5.69 Å². The topological polar surface area (TPSA) is 66.5 Å². The Balaban J connectivity index is 1.60. The molecule has 5 nitrogen and oxygen atoms in total. The Hall–Kier alpha value is -3.45. The Bertz CT molecular complexity index is 1370. The molecule has 0 bridgehead atoms. The molecule has 0 aromatic heterocycles. The van der Waals surface area contributed by atoms with Gasteiger partial charge in [0.05, 0.1) is 4.90 Å². The molecule has 0 atom stereocenters. The second-order valence-electron chi connectivity index (χ2n) is 8.18. The Labute approximate surface area is 211 Å². The summed E-state index contributed by atoms with van der Waals surface area (Å²) in [6.07, 6.45) is 0. The van der Waals surface area contributed by atoms with Crippen molar-refractivity contribution in [2.45, 2.75) is 24.9 Å². The molecule has 178 valence electrons. The van der Waals surface area contributed by atoms with Gasteiger partial charge in [-0.05, 0) is 66.1 Å². The molecule has 0 saturated heterocycles. The summed E-state index contributed by atoms with van der Waals surface area (Å²) < 4.78 is 28.9. The fraction of sp³-hybridized carbons (Fsp3) is 0.107. The number of sulfonamides is 1. The first-order valence-electron chi connectivity index (χ1n) is 11.1. The highest BCUT2D eigenvalue weighted by Gasteiger charge is 2.26. The van der Waals surface area contributed by atoms with Crippen molar-refractivity contribution in [3.8, 4) is 0 Å². The lowest BCUT2D eigenvalue weighted by molar-refractivity contribution is 0.102. The van der Waals surface area contributed by atoms with E-state index >= 15 is 0 Å². The molecule has 1 N–H and O–H groups in total. The van der Waals surface area contributed by atoms with E-state index in [0.29, 0.717) is 21.8 Å². The first kappa shape index (κ1) is 24.7. The number of rotatable bonds is 8. The molecule has 0 radical (unpaired) electrons. The van der Waals surface area contributed by atoms with Gasteiger partial charge in [0.2, 0.25) is 10.0 Å². The third-order valence-corrected chi connectivity index (χ3v) is 7.63. The van der Waals surface area contributed by atoms with Gasteiger partial charge in [-0.15, -0.1) is 0 Å². The lowest BCUT2D eigenvalue weighted by Gasteiger charge is -2.23. The SMILES string of the molecule is Cc1cc(S(=O)(=O)N(Cc2ccccc2)Cc2ccccc2)ccc1NC(=O)c1ccc(Cl)cc1. The van der Waals surface area contributed by atoms with Crippen LogP contribution in [0.25, 0.3) is 0 Å². The van der Waals surface area contributed by atoms with Crippen molar-refractivity contribution < 1.29 is 13.2 Å². The monoisotopic (exact) mass is 504 g/mol. The second-order valence-corrected chi connectivity index (χ2v) is 10.6. The summed E-state index contributed by atoms with van der Waals surface area (Å²) >= 11 is 5.90. The van der Waals surface area contributed by atoms with Crippen molar-refractivity contribution in [1.29, 1.82) is 0 Å². The molecule has 0 unspecified atom stereocenters. The first-order valence-corrected chi connectivity index (χ1v) is 12.9. The maximum atomic E-state index is 13.7. The minimum Gasteiger partial charge on any atom is -0.322 e. The highest BCUT2D eigenvalue weighted by molar-refractivity contribution is 7.89. The number of anilines is 1. The summed E-state index contributed by atoms with van der Waals surface area (Å²) in [5.74, 6) is -0.296. The van der Waals surface area contributed by atoms with Crippen molar-refractivity contribution in [2.75, 3.05) is 5.32 Å². The Morgan fingerprint density at radius 2 is 1.34 bits per heavy atom. The van der Waals surface area contributed by atoms with Crippen LogP contribution in [-0.4, -0.2) is 18.6 Å². The number of nitrogens with one attached hydrogen (secondary N) is 1. The van der Waals surface area contributed by atoms with Crippen molar-refractivity contribution >= 4 is 33.2 Å². The minimum atomic E-state index is -3.82. The number of nitrogens with zero attached hydrogens (tertiary/aromatic N) is 1. The van der Waals surface area contributed by atoms with E-state index in [4.69, 9.17) is 11.6 Å². The lowest BCUT2D eigenvalue weighted by Crippen LogP contribution is -2.30. The fourth-order valence-corrected chi connectivity index (χ4v) is 5.31. The maximum Gasteiger partial charge on any atom is 0.255 e. The number of hydrogen-bond acceptors (Lipinski definition) is 3. The number of carbonyl (C=O) groups is 1. The van der Waals surface area contributed by atoms with E-state index in [1.807, 2.05) is 60.7 Å². The van der Waals surface area contributed by atoms with Gasteiger partial charge in [-0.3, -0.25) is 4.79 Å². The normalized spacial score (nSPS) is 11.4.